The fraction of sp³-hybridized carbons (Fsp3) is 0. The molecule has 0 spiro atoms. The molecule has 0 aliphatic heterocycles. The highest BCUT2D eigenvalue weighted by Gasteiger charge is 2.25. The van der Waals surface area contributed by atoms with E-state index in [1.54, 1.807) is 0 Å². The molecule has 0 radical (unpaired) electrons. The number of rotatable bonds is 3. The second kappa shape index (κ2) is 11.4. The van der Waals surface area contributed by atoms with Crippen LogP contribution in [0.5, 0.6) is 0 Å². The zero-order valence-corrected chi connectivity index (χ0v) is 30.0. The molecular formula is C52H30OS. The molecule has 0 unspecified atom stereocenters. The number of thiophene rings is 1. The van der Waals surface area contributed by atoms with E-state index in [1.807, 2.05) is 11.3 Å². The summed E-state index contributed by atoms with van der Waals surface area (Å²) in [6.45, 7) is 0. The van der Waals surface area contributed by atoms with E-state index >= 15 is 0 Å². The number of hydrogen-bond donors (Lipinski definition) is 0. The number of benzene rings is 10. The molecule has 0 fully saturated rings. The van der Waals surface area contributed by atoms with Crippen LogP contribution in [0, 0.1) is 0 Å². The van der Waals surface area contributed by atoms with Gasteiger partial charge in [0, 0.05) is 42.1 Å². The van der Waals surface area contributed by atoms with Gasteiger partial charge in [-0.2, -0.15) is 0 Å². The first-order valence-corrected chi connectivity index (χ1v) is 19.3. The molecule has 0 saturated heterocycles. The largest absolute Gasteiger partial charge is 0.455 e. The minimum absolute atomic E-state index is 0.913. The van der Waals surface area contributed by atoms with Crippen molar-refractivity contribution >= 4 is 96.5 Å². The Morgan fingerprint density at radius 2 is 0.907 bits per heavy atom. The van der Waals surface area contributed by atoms with E-state index < -0.39 is 0 Å². The highest BCUT2D eigenvalue weighted by molar-refractivity contribution is 7.26. The Hall–Kier alpha value is -6.74. The zero-order chi connectivity index (χ0) is 35.3. The van der Waals surface area contributed by atoms with Gasteiger partial charge in [0.1, 0.15) is 11.2 Å². The van der Waals surface area contributed by atoms with Gasteiger partial charge in [0.25, 0.3) is 0 Å². The first-order valence-electron chi connectivity index (χ1n) is 18.5. The monoisotopic (exact) mass is 702 g/mol. The summed E-state index contributed by atoms with van der Waals surface area (Å²) in [7, 11) is 0. The lowest BCUT2D eigenvalue weighted by Gasteiger charge is -2.20. The molecule has 12 rings (SSSR count). The van der Waals surface area contributed by atoms with Crippen LogP contribution in [-0.4, -0.2) is 0 Å². The lowest BCUT2D eigenvalue weighted by molar-refractivity contribution is 0.670. The highest BCUT2D eigenvalue weighted by atomic mass is 32.1. The van der Waals surface area contributed by atoms with E-state index in [4.69, 9.17) is 4.42 Å². The van der Waals surface area contributed by atoms with Gasteiger partial charge in [0.15, 0.2) is 0 Å². The summed E-state index contributed by atoms with van der Waals surface area (Å²) >= 11 is 1.88. The maximum Gasteiger partial charge on any atom is 0.144 e. The molecule has 2 heteroatoms. The lowest BCUT2D eigenvalue weighted by Crippen LogP contribution is -1.93. The first-order chi connectivity index (χ1) is 26.8. The van der Waals surface area contributed by atoms with Gasteiger partial charge in [-0.3, -0.25) is 0 Å². The van der Waals surface area contributed by atoms with E-state index in [0.717, 1.165) is 21.9 Å². The molecule has 12 aromatic rings. The second-order valence-electron chi connectivity index (χ2n) is 14.3. The highest BCUT2D eigenvalue weighted by Crippen LogP contribution is 2.53. The fourth-order valence-corrected chi connectivity index (χ4v) is 10.4. The molecule has 1 nitrogen and oxygen atoms in total. The molecule has 0 atom stereocenters. The second-order valence-corrected chi connectivity index (χ2v) is 15.3. The molecule has 0 aliphatic rings. The Labute approximate surface area is 314 Å². The SMILES string of the molecule is c1ccc(-c2ccc(-c3c4ccccc4c(-c4c5oc6ccccc6c5cc5c4sc4ccc6ccccc6c45)c4ccccc34)c3ccccc23)cc1. The van der Waals surface area contributed by atoms with Gasteiger partial charge >= 0.3 is 0 Å². The summed E-state index contributed by atoms with van der Waals surface area (Å²) in [6, 6.07) is 66.5. The van der Waals surface area contributed by atoms with Crippen molar-refractivity contribution in [1.29, 1.82) is 0 Å². The van der Waals surface area contributed by atoms with E-state index in [1.165, 1.54) is 96.6 Å². The number of hydrogen-bond acceptors (Lipinski definition) is 2. The molecule has 2 heterocycles. The Bertz CT molecular complexity index is 3440. The molecule has 250 valence electrons. The van der Waals surface area contributed by atoms with Gasteiger partial charge in [-0.25, -0.2) is 0 Å². The van der Waals surface area contributed by atoms with Crippen LogP contribution in [0.4, 0.5) is 0 Å². The summed E-state index contributed by atoms with van der Waals surface area (Å²) in [5, 5.41) is 14.9. The topological polar surface area (TPSA) is 13.1 Å². The molecule has 2 aromatic heterocycles. The zero-order valence-electron chi connectivity index (χ0n) is 29.1. The molecule has 0 aliphatic carbocycles. The number of furan rings is 1. The molecule has 10 aromatic carbocycles. The van der Waals surface area contributed by atoms with Crippen molar-refractivity contribution in [2.75, 3.05) is 0 Å². The van der Waals surface area contributed by atoms with Gasteiger partial charge in [-0.15, -0.1) is 11.3 Å². The normalized spacial score (nSPS) is 12.1. The maximum absolute atomic E-state index is 6.96. The Morgan fingerprint density at radius 3 is 1.63 bits per heavy atom. The van der Waals surface area contributed by atoms with Crippen LogP contribution in [0.25, 0.3) is 119 Å². The molecule has 0 saturated carbocycles. The van der Waals surface area contributed by atoms with Crippen LogP contribution in [-0.2, 0) is 0 Å². The summed E-state index contributed by atoms with van der Waals surface area (Å²) in [5.41, 5.74) is 9.23. The van der Waals surface area contributed by atoms with Crippen molar-refractivity contribution in [3.05, 3.63) is 182 Å². The third-order valence-electron chi connectivity index (χ3n) is 11.5. The van der Waals surface area contributed by atoms with Crippen LogP contribution in [0.1, 0.15) is 0 Å². The van der Waals surface area contributed by atoms with Gasteiger partial charge in [0.2, 0.25) is 0 Å². The third-order valence-corrected chi connectivity index (χ3v) is 12.6. The summed E-state index contributed by atoms with van der Waals surface area (Å²) in [6.07, 6.45) is 0. The molecule has 0 N–H and O–H groups in total. The van der Waals surface area contributed by atoms with Crippen molar-refractivity contribution in [1.82, 2.24) is 0 Å². The van der Waals surface area contributed by atoms with Crippen molar-refractivity contribution in [2.24, 2.45) is 0 Å². The first kappa shape index (κ1) is 29.8. The van der Waals surface area contributed by atoms with Gasteiger partial charge < -0.3 is 4.42 Å². The van der Waals surface area contributed by atoms with Crippen molar-refractivity contribution in [2.45, 2.75) is 0 Å². The Balaban J connectivity index is 1.26. The summed E-state index contributed by atoms with van der Waals surface area (Å²) < 4.78 is 9.51. The van der Waals surface area contributed by atoms with Crippen LogP contribution in [0.3, 0.4) is 0 Å². The van der Waals surface area contributed by atoms with E-state index in [2.05, 4.69) is 182 Å². The average molecular weight is 703 g/mol. The maximum atomic E-state index is 6.96. The predicted molar refractivity (Wildman–Crippen MR) is 233 cm³/mol. The van der Waals surface area contributed by atoms with Crippen molar-refractivity contribution in [3.63, 3.8) is 0 Å². The summed E-state index contributed by atoms with van der Waals surface area (Å²) in [5.74, 6) is 0. The standard InChI is InChI=1S/C52H30OS/c1-2-14-31(15-3-1)33-27-28-42(36-19-7-6-18-35(33)36)47-38-21-8-10-23-40(38)49(41-24-11-9-22-39(41)47)50-51-43(37-20-12-13-25-45(37)53-51)30-44-48-34-17-5-4-16-32(34)26-29-46(48)54-52(44)50/h1-30H. The average Bonchev–Trinajstić information content (AvgIpc) is 3.81. The van der Waals surface area contributed by atoms with Gasteiger partial charge in [-0.05, 0) is 83.5 Å². The number of para-hydroxylation sites is 1. The molecule has 54 heavy (non-hydrogen) atoms. The van der Waals surface area contributed by atoms with Crippen LogP contribution in [0.15, 0.2) is 186 Å². The Morgan fingerprint density at radius 1 is 0.352 bits per heavy atom. The van der Waals surface area contributed by atoms with E-state index in [0.29, 0.717) is 0 Å². The lowest BCUT2D eigenvalue weighted by atomic mass is 9.83. The van der Waals surface area contributed by atoms with Gasteiger partial charge in [0.05, 0.1) is 0 Å². The van der Waals surface area contributed by atoms with Gasteiger partial charge in [-0.1, -0.05) is 164 Å². The number of fused-ring (bicyclic) bond motifs is 11. The van der Waals surface area contributed by atoms with Crippen LogP contribution < -0.4 is 0 Å². The van der Waals surface area contributed by atoms with Crippen LogP contribution >= 0.6 is 11.3 Å². The predicted octanol–water partition coefficient (Wildman–Crippen LogP) is 15.6. The summed E-state index contributed by atoms with van der Waals surface area (Å²) in [4.78, 5) is 0. The Kier molecular flexibility index (Phi) is 6.28. The smallest absolute Gasteiger partial charge is 0.144 e. The van der Waals surface area contributed by atoms with Crippen LogP contribution in [0.2, 0.25) is 0 Å². The van der Waals surface area contributed by atoms with Crippen molar-refractivity contribution in [3.8, 4) is 33.4 Å². The minimum atomic E-state index is 0.913. The molecule has 0 bridgehead atoms. The third kappa shape index (κ3) is 4.14. The minimum Gasteiger partial charge on any atom is -0.455 e. The van der Waals surface area contributed by atoms with E-state index in [9.17, 15) is 0 Å². The van der Waals surface area contributed by atoms with E-state index in [-0.39, 0.29) is 0 Å². The molecular weight excluding hydrogens is 673 g/mol. The fourth-order valence-electron chi connectivity index (χ4n) is 9.16. The van der Waals surface area contributed by atoms with Crippen molar-refractivity contribution < 1.29 is 4.42 Å². The molecule has 0 amide bonds. The quantitative estimate of drug-likeness (QED) is 0.167.